The highest BCUT2D eigenvalue weighted by Crippen LogP contribution is 2.35. The summed E-state index contributed by atoms with van der Waals surface area (Å²) < 4.78 is 0. The van der Waals surface area contributed by atoms with E-state index in [4.69, 9.17) is 0 Å². The smallest absolute Gasteiger partial charge is 0.0702 e. The van der Waals surface area contributed by atoms with Crippen LogP contribution in [0.3, 0.4) is 0 Å². The summed E-state index contributed by atoms with van der Waals surface area (Å²) in [5, 5.41) is 0. The van der Waals surface area contributed by atoms with E-state index in [1.807, 2.05) is 18.3 Å². The van der Waals surface area contributed by atoms with Gasteiger partial charge in [0.25, 0.3) is 0 Å². The van der Waals surface area contributed by atoms with E-state index < -0.39 is 0 Å². The number of nitrogens with zero attached hydrogens (tertiary/aromatic N) is 1. The Labute approximate surface area is 218 Å². The molecule has 0 radical (unpaired) electrons. The van der Waals surface area contributed by atoms with E-state index in [0.29, 0.717) is 0 Å². The van der Waals surface area contributed by atoms with Gasteiger partial charge < -0.3 is 0 Å². The molecule has 0 aliphatic carbocycles. The lowest BCUT2D eigenvalue weighted by Crippen LogP contribution is -1.89. The third kappa shape index (κ3) is 4.85. The number of aryl methyl sites for hydroxylation is 1. The lowest BCUT2D eigenvalue weighted by molar-refractivity contribution is 1.32. The molecule has 0 spiro atoms. The Balaban J connectivity index is 1.47. The summed E-state index contributed by atoms with van der Waals surface area (Å²) in [5.41, 5.74) is 13.1. The summed E-state index contributed by atoms with van der Waals surface area (Å²) in [6.45, 7) is 2.17. The lowest BCUT2D eigenvalue weighted by Gasteiger charge is -2.14. The molecule has 1 aromatic heterocycles. The number of benzene rings is 5. The van der Waals surface area contributed by atoms with Crippen LogP contribution in [0.25, 0.3) is 55.8 Å². The molecular formula is C36H27N. The fourth-order valence-electron chi connectivity index (χ4n) is 4.88. The molecule has 1 heterocycles. The Morgan fingerprint density at radius 1 is 0.378 bits per heavy atom. The first-order chi connectivity index (χ1) is 18.2. The van der Waals surface area contributed by atoms with Gasteiger partial charge in [-0.2, -0.15) is 0 Å². The standard InChI is InChI=1S/C36H27N/c1-26-18-19-31(36-17-8-9-20-37-36)25-35(26)30-16-10-15-29(21-30)34-23-32(27-11-4-2-5-12-27)22-33(24-34)28-13-6-3-7-14-28/h2-25H,1H3. The first-order valence-electron chi connectivity index (χ1n) is 12.6. The molecule has 0 saturated heterocycles. The van der Waals surface area contributed by atoms with Crippen LogP contribution in [-0.2, 0) is 0 Å². The summed E-state index contributed by atoms with van der Waals surface area (Å²) in [7, 11) is 0. The Hall–Kier alpha value is -4.75. The SMILES string of the molecule is Cc1ccc(-c2ccccn2)cc1-c1cccc(-c2cc(-c3ccccc3)cc(-c3ccccc3)c2)c1. The number of pyridine rings is 1. The Bertz CT molecular complexity index is 1590. The first kappa shape index (κ1) is 22.7. The monoisotopic (exact) mass is 473 g/mol. The minimum absolute atomic E-state index is 0.989. The molecule has 0 bridgehead atoms. The van der Waals surface area contributed by atoms with E-state index in [9.17, 15) is 0 Å². The molecule has 1 nitrogen and oxygen atoms in total. The zero-order valence-corrected chi connectivity index (χ0v) is 20.8. The van der Waals surface area contributed by atoms with Crippen LogP contribution in [-0.4, -0.2) is 4.98 Å². The Kier molecular flexibility index (Phi) is 6.19. The van der Waals surface area contributed by atoms with Crippen molar-refractivity contribution in [2.24, 2.45) is 0 Å². The summed E-state index contributed by atoms with van der Waals surface area (Å²) >= 11 is 0. The lowest BCUT2D eigenvalue weighted by atomic mass is 9.91. The number of aromatic nitrogens is 1. The van der Waals surface area contributed by atoms with E-state index in [1.165, 1.54) is 50.1 Å². The number of hydrogen-bond acceptors (Lipinski definition) is 1. The van der Waals surface area contributed by atoms with Gasteiger partial charge in [0, 0.05) is 11.8 Å². The van der Waals surface area contributed by atoms with Crippen molar-refractivity contribution < 1.29 is 0 Å². The highest BCUT2D eigenvalue weighted by Gasteiger charge is 2.10. The molecule has 0 unspecified atom stereocenters. The molecule has 0 aliphatic heterocycles. The highest BCUT2D eigenvalue weighted by atomic mass is 14.7. The van der Waals surface area contributed by atoms with Crippen molar-refractivity contribution in [3.05, 3.63) is 151 Å². The molecule has 6 aromatic rings. The quantitative estimate of drug-likeness (QED) is 0.243. The molecule has 5 aromatic carbocycles. The maximum Gasteiger partial charge on any atom is 0.0702 e. The average Bonchev–Trinajstić information content (AvgIpc) is 2.98. The Morgan fingerprint density at radius 2 is 0.919 bits per heavy atom. The molecule has 0 atom stereocenters. The minimum Gasteiger partial charge on any atom is -0.256 e. The van der Waals surface area contributed by atoms with Gasteiger partial charge in [-0.15, -0.1) is 0 Å². The van der Waals surface area contributed by atoms with E-state index >= 15 is 0 Å². The minimum atomic E-state index is 0.989. The van der Waals surface area contributed by atoms with Crippen molar-refractivity contribution in [2.75, 3.05) is 0 Å². The summed E-state index contributed by atoms with van der Waals surface area (Å²) in [4.78, 5) is 4.56. The maximum atomic E-state index is 4.56. The van der Waals surface area contributed by atoms with Gasteiger partial charge in [0.2, 0.25) is 0 Å². The van der Waals surface area contributed by atoms with Crippen molar-refractivity contribution in [2.45, 2.75) is 6.92 Å². The van der Waals surface area contributed by atoms with Crippen LogP contribution >= 0.6 is 0 Å². The summed E-state index contributed by atoms with van der Waals surface area (Å²) in [6.07, 6.45) is 1.85. The topological polar surface area (TPSA) is 12.9 Å². The predicted molar refractivity (Wildman–Crippen MR) is 156 cm³/mol. The van der Waals surface area contributed by atoms with Crippen LogP contribution in [0.5, 0.6) is 0 Å². The van der Waals surface area contributed by atoms with E-state index in [1.54, 1.807) is 0 Å². The number of rotatable bonds is 5. The third-order valence-electron chi connectivity index (χ3n) is 6.85. The normalized spacial score (nSPS) is 10.8. The maximum absolute atomic E-state index is 4.56. The fourth-order valence-corrected chi connectivity index (χ4v) is 4.88. The molecule has 37 heavy (non-hydrogen) atoms. The van der Waals surface area contributed by atoms with Gasteiger partial charge in [-0.05, 0) is 99.5 Å². The zero-order chi connectivity index (χ0) is 25.0. The molecule has 0 amide bonds. The van der Waals surface area contributed by atoms with Crippen LogP contribution in [0.15, 0.2) is 146 Å². The van der Waals surface area contributed by atoms with Crippen molar-refractivity contribution >= 4 is 0 Å². The largest absolute Gasteiger partial charge is 0.256 e. The first-order valence-corrected chi connectivity index (χ1v) is 12.6. The van der Waals surface area contributed by atoms with Crippen LogP contribution in [0.1, 0.15) is 5.56 Å². The molecule has 0 N–H and O–H groups in total. The van der Waals surface area contributed by atoms with Crippen LogP contribution in [0.2, 0.25) is 0 Å². The van der Waals surface area contributed by atoms with Crippen LogP contribution in [0.4, 0.5) is 0 Å². The van der Waals surface area contributed by atoms with Gasteiger partial charge in [-0.3, -0.25) is 4.98 Å². The van der Waals surface area contributed by atoms with Gasteiger partial charge in [0.15, 0.2) is 0 Å². The van der Waals surface area contributed by atoms with Gasteiger partial charge in [-0.25, -0.2) is 0 Å². The third-order valence-corrected chi connectivity index (χ3v) is 6.85. The van der Waals surface area contributed by atoms with Gasteiger partial charge in [-0.1, -0.05) is 97.1 Å². The van der Waals surface area contributed by atoms with E-state index in [2.05, 4.69) is 139 Å². The van der Waals surface area contributed by atoms with E-state index in [0.717, 1.165) is 11.3 Å². The average molecular weight is 474 g/mol. The van der Waals surface area contributed by atoms with Gasteiger partial charge >= 0.3 is 0 Å². The highest BCUT2D eigenvalue weighted by molar-refractivity contribution is 5.83. The zero-order valence-electron chi connectivity index (χ0n) is 20.8. The molecule has 176 valence electrons. The second-order valence-corrected chi connectivity index (χ2v) is 9.36. The second kappa shape index (κ2) is 10.1. The van der Waals surface area contributed by atoms with Crippen molar-refractivity contribution in [1.82, 2.24) is 4.98 Å². The molecule has 0 fully saturated rings. The summed E-state index contributed by atoms with van der Waals surface area (Å²) in [5.74, 6) is 0. The molecule has 1 heteroatoms. The predicted octanol–water partition coefficient (Wildman–Crippen LogP) is 9.73. The van der Waals surface area contributed by atoms with Crippen LogP contribution < -0.4 is 0 Å². The number of hydrogen-bond donors (Lipinski definition) is 0. The van der Waals surface area contributed by atoms with Crippen molar-refractivity contribution in [3.8, 4) is 55.8 Å². The molecular weight excluding hydrogens is 446 g/mol. The van der Waals surface area contributed by atoms with Crippen LogP contribution in [0, 0.1) is 6.92 Å². The molecule has 0 aliphatic rings. The van der Waals surface area contributed by atoms with Crippen molar-refractivity contribution in [1.29, 1.82) is 0 Å². The molecule has 6 rings (SSSR count). The van der Waals surface area contributed by atoms with Gasteiger partial charge in [0.1, 0.15) is 0 Å². The fraction of sp³-hybridized carbons (Fsp3) is 0.0278. The Morgan fingerprint density at radius 3 is 1.54 bits per heavy atom. The second-order valence-electron chi connectivity index (χ2n) is 9.36. The molecule has 0 saturated carbocycles. The summed E-state index contributed by atoms with van der Waals surface area (Å²) in [6, 6.07) is 49.7. The van der Waals surface area contributed by atoms with Crippen molar-refractivity contribution in [3.63, 3.8) is 0 Å². The van der Waals surface area contributed by atoms with Gasteiger partial charge in [0.05, 0.1) is 5.69 Å². The van der Waals surface area contributed by atoms with E-state index in [-0.39, 0.29) is 0 Å².